The van der Waals surface area contributed by atoms with Crippen LogP contribution in [0.1, 0.15) is 17.3 Å². The third kappa shape index (κ3) is 1.17. The van der Waals surface area contributed by atoms with E-state index in [0.29, 0.717) is 6.04 Å². The van der Waals surface area contributed by atoms with Gasteiger partial charge in [-0.3, -0.25) is 4.98 Å². The zero-order chi connectivity index (χ0) is 7.68. The van der Waals surface area contributed by atoms with Crippen LogP contribution in [0.3, 0.4) is 0 Å². The summed E-state index contributed by atoms with van der Waals surface area (Å²) in [5, 5.41) is 3.24. The Morgan fingerprint density at radius 2 is 2.55 bits per heavy atom. The lowest BCUT2D eigenvalue weighted by Gasteiger charge is -1.99. The summed E-state index contributed by atoms with van der Waals surface area (Å²) < 4.78 is 0. The minimum Gasteiger partial charge on any atom is -0.307 e. The van der Waals surface area contributed by atoms with Gasteiger partial charge in [-0.1, -0.05) is 12.6 Å². The van der Waals surface area contributed by atoms with Crippen molar-refractivity contribution in [2.24, 2.45) is 0 Å². The van der Waals surface area contributed by atoms with Crippen LogP contribution in [0.2, 0.25) is 0 Å². The molecule has 0 spiro atoms. The van der Waals surface area contributed by atoms with Gasteiger partial charge in [0.2, 0.25) is 0 Å². The molecule has 0 saturated carbocycles. The standard InChI is InChI=1S/C9H10N2/c1-2-8-7(9-6-11-9)4-3-5-10-8/h2-5,9,11H,1,6H2/t9-/m1/s1. The summed E-state index contributed by atoms with van der Waals surface area (Å²) in [6.45, 7) is 4.79. The monoisotopic (exact) mass is 146 g/mol. The molecule has 2 heterocycles. The molecule has 1 fully saturated rings. The largest absolute Gasteiger partial charge is 0.307 e. The average molecular weight is 146 g/mol. The second-order valence-electron chi connectivity index (χ2n) is 2.64. The van der Waals surface area contributed by atoms with Crippen LogP contribution in [0, 0.1) is 0 Å². The highest BCUT2D eigenvalue weighted by Gasteiger charge is 2.24. The van der Waals surface area contributed by atoms with E-state index in [2.05, 4.69) is 22.9 Å². The van der Waals surface area contributed by atoms with Crippen LogP contribution in [0.4, 0.5) is 0 Å². The fourth-order valence-corrected chi connectivity index (χ4v) is 1.17. The zero-order valence-corrected chi connectivity index (χ0v) is 6.25. The molecule has 1 aliphatic heterocycles. The molecule has 1 saturated heterocycles. The van der Waals surface area contributed by atoms with Gasteiger partial charge in [0.05, 0.1) is 5.69 Å². The molecule has 2 nitrogen and oxygen atoms in total. The lowest BCUT2D eigenvalue weighted by atomic mass is 10.1. The molecule has 11 heavy (non-hydrogen) atoms. The smallest absolute Gasteiger partial charge is 0.0672 e. The van der Waals surface area contributed by atoms with Crippen LogP contribution in [-0.2, 0) is 0 Å². The molecular weight excluding hydrogens is 136 g/mol. The zero-order valence-electron chi connectivity index (χ0n) is 6.25. The Labute approximate surface area is 66.0 Å². The van der Waals surface area contributed by atoms with E-state index in [1.165, 1.54) is 5.56 Å². The molecule has 2 heteroatoms. The average Bonchev–Trinajstić information content (AvgIpc) is 2.87. The fourth-order valence-electron chi connectivity index (χ4n) is 1.17. The van der Waals surface area contributed by atoms with E-state index < -0.39 is 0 Å². The lowest BCUT2D eigenvalue weighted by Crippen LogP contribution is -1.91. The van der Waals surface area contributed by atoms with Crippen LogP contribution in [0.15, 0.2) is 24.9 Å². The Morgan fingerprint density at radius 1 is 1.73 bits per heavy atom. The normalized spacial score (nSPS) is 21.3. The third-order valence-corrected chi connectivity index (χ3v) is 1.85. The minimum atomic E-state index is 0.525. The van der Waals surface area contributed by atoms with Crippen molar-refractivity contribution >= 4 is 6.08 Å². The summed E-state index contributed by atoms with van der Waals surface area (Å²) in [6, 6.07) is 4.58. The summed E-state index contributed by atoms with van der Waals surface area (Å²) in [5.41, 5.74) is 2.27. The highest BCUT2D eigenvalue weighted by molar-refractivity contribution is 5.48. The van der Waals surface area contributed by atoms with Gasteiger partial charge in [0.25, 0.3) is 0 Å². The van der Waals surface area contributed by atoms with Gasteiger partial charge in [-0.2, -0.15) is 0 Å². The number of hydrogen-bond donors (Lipinski definition) is 1. The van der Waals surface area contributed by atoms with Crippen molar-refractivity contribution in [1.82, 2.24) is 10.3 Å². The Hall–Kier alpha value is -1.15. The molecule has 0 aromatic carbocycles. The first-order valence-corrected chi connectivity index (χ1v) is 3.72. The summed E-state index contributed by atoms with van der Waals surface area (Å²) in [4.78, 5) is 4.20. The van der Waals surface area contributed by atoms with E-state index in [1.807, 2.05) is 6.07 Å². The van der Waals surface area contributed by atoms with Crippen molar-refractivity contribution in [3.63, 3.8) is 0 Å². The number of nitrogens with one attached hydrogen (secondary N) is 1. The molecule has 0 unspecified atom stereocenters. The van der Waals surface area contributed by atoms with Crippen LogP contribution >= 0.6 is 0 Å². The van der Waals surface area contributed by atoms with Crippen molar-refractivity contribution in [2.45, 2.75) is 6.04 Å². The Kier molecular flexibility index (Phi) is 1.47. The Bertz CT molecular complexity index is 277. The number of aromatic nitrogens is 1. The van der Waals surface area contributed by atoms with E-state index >= 15 is 0 Å². The van der Waals surface area contributed by atoms with Crippen LogP contribution in [-0.4, -0.2) is 11.5 Å². The van der Waals surface area contributed by atoms with E-state index in [1.54, 1.807) is 12.3 Å². The molecule has 56 valence electrons. The summed E-state index contributed by atoms with van der Waals surface area (Å²) >= 11 is 0. The highest BCUT2D eigenvalue weighted by Crippen LogP contribution is 2.23. The van der Waals surface area contributed by atoms with Crippen LogP contribution in [0.25, 0.3) is 6.08 Å². The van der Waals surface area contributed by atoms with Crippen LogP contribution < -0.4 is 5.32 Å². The van der Waals surface area contributed by atoms with E-state index in [0.717, 1.165) is 12.2 Å². The topological polar surface area (TPSA) is 34.8 Å². The number of rotatable bonds is 2. The van der Waals surface area contributed by atoms with Gasteiger partial charge < -0.3 is 5.32 Å². The molecule has 0 bridgehead atoms. The molecule has 0 aliphatic carbocycles. The molecule has 0 amide bonds. The molecule has 1 N–H and O–H groups in total. The van der Waals surface area contributed by atoms with Crippen molar-refractivity contribution in [1.29, 1.82) is 0 Å². The number of hydrogen-bond acceptors (Lipinski definition) is 2. The quantitative estimate of drug-likeness (QED) is 0.639. The van der Waals surface area contributed by atoms with E-state index in [-0.39, 0.29) is 0 Å². The maximum atomic E-state index is 4.20. The number of pyridine rings is 1. The fraction of sp³-hybridized carbons (Fsp3) is 0.222. The predicted octanol–water partition coefficient (Wildman–Crippen LogP) is 1.37. The van der Waals surface area contributed by atoms with Crippen molar-refractivity contribution in [2.75, 3.05) is 6.54 Å². The lowest BCUT2D eigenvalue weighted by molar-refractivity contribution is 1.04. The van der Waals surface area contributed by atoms with E-state index in [9.17, 15) is 0 Å². The first kappa shape index (κ1) is 6.55. The Morgan fingerprint density at radius 3 is 3.18 bits per heavy atom. The first-order chi connectivity index (χ1) is 5.42. The van der Waals surface area contributed by atoms with E-state index in [4.69, 9.17) is 0 Å². The second-order valence-corrected chi connectivity index (χ2v) is 2.64. The SMILES string of the molecule is C=Cc1ncccc1[C@H]1CN1. The second kappa shape index (κ2) is 2.47. The molecule has 1 atom stereocenters. The van der Waals surface area contributed by atoms with Gasteiger partial charge in [0, 0.05) is 18.8 Å². The summed E-state index contributed by atoms with van der Waals surface area (Å²) in [6.07, 6.45) is 3.60. The first-order valence-electron chi connectivity index (χ1n) is 3.72. The van der Waals surface area contributed by atoms with Crippen molar-refractivity contribution in [3.05, 3.63) is 36.2 Å². The molecular formula is C9H10N2. The molecule has 1 aromatic rings. The van der Waals surface area contributed by atoms with Crippen molar-refractivity contribution in [3.8, 4) is 0 Å². The predicted molar refractivity (Wildman–Crippen MR) is 45.1 cm³/mol. The van der Waals surface area contributed by atoms with Crippen molar-refractivity contribution < 1.29 is 0 Å². The summed E-state index contributed by atoms with van der Waals surface area (Å²) in [7, 11) is 0. The number of nitrogens with zero attached hydrogens (tertiary/aromatic N) is 1. The van der Waals surface area contributed by atoms with Gasteiger partial charge in [-0.15, -0.1) is 0 Å². The van der Waals surface area contributed by atoms with Gasteiger partial charge in [0.1, 0.15) is 0 Å². The molecule has 2 rings (SSSR count). The van der Waals surface area contributed by atoms with Gasteiger partial charge >= 0.3 is 0 Å². The molecule has 1 aromatic heterocycles. The van der Waals surface area contributed by atoms with Crippen LogP contribution in [0.5, 0.6) is 0 Å². The van der Waals surface area contributed by atoms with Gasteiger partial charge in [0.15, 0.2) is 0 Å². The molecule has 0 radical (unpaired) electrons. The third-order valence-electron chi connectivity index (χ3n) is 1.85. The molecule has 1 aliphatic rings. The summed E-state index contributed by atoms with van der Waals surface area (Å²) in [5.74, 6) is 0. The van der Waals surface area contributed by atoms with Gasteiger partial charge in [-0.05, 0) is 17.7 Å². The Balaban J connectivity index is 2.42. The minimum absolute atomic E-state index is 0.525. The maximum Gasteiger partial charge on any atom is 0.0672 e. The highest BCUT2D eigenvalue weighted by atomic mass is 15.1. The van der Waals surface area contributed by atoms with Gasteiger partial charge in [-0.25, -0.2) is 0 Å². The maximum absolute atomic E-state index is 4.20.